The Labute approximate surface area is 150 Å². The number of benzene rings is 1. The number of carbonyl (C=O) groups excluding carboxylic acids is 1. The van der Waals surface area contributed by atoms with Gasteiger partial charge in [0.1, 0.15) is 17.7 Å². The summed E-state index contributed by atoms with van der Waals surface area (Å²) in [4.78, 5) is 24.2. The van der Waals surface area contributed by atoms with E-state index in [9.17, 15) is 4.79 Å². The molecule has 2 heterocycles. The van der Waals surface area contributed by atoms with Gasteiger partial charge in [-0.25, -0.2) is 9.97 Å². The minimum absolute atomic E-state index is 0.286. The summed E-state index contributed by atoms with van der Waals surface area (Å²) in [7, 11) is 0. The highest BCUT2D eigenvalue weighted by molar-refractivity contribution is 5.93. The minimum atomic E-state index is -0.387. The van der Waals surface area contributed by atoms with Gasteiger partial charge in [-0.2, -0.15) is 0 Å². The highest BCUT2D eigenvalue weighted by atomic mass is 16.2. The molecule has 0 fully saturated rings. The molecule has 0 radical (unpaired) electrons. The lowest BCUT2D eigenvalue weighted by atomic mass is 10.1. The third-order valence-electron chi connectivity index (χ3n) is 3.62. The van der Waals surface area contributed by atoms with Crippen molar-refractivity contribution in [3.63, 3.8) is 0 Å². The van der Waals surface area contributed by atoms with Crippen molar-refractivity contribution < 1.29 is 4.79 Å². The van der Waals surface area contributed by atoms with Crippen molar-refractivity contribution >= 4 is 23.2 Å². The molecule has 8 heteroatoms. The number of aromatic nitrogens is 3. The second kappa shape index (κ2) is 8.43. The largest absolute Gasteiger partial charge is 0.393 e. The van der Waals surface area contributed by atoms with Crippen LogP contribution in [0.3, 0.4) is 0 Å². The second-order valence-corrected chi connectivity index (χ2v) is 5.44. The minimum Gasteiger partial charge on any atom is -0.393 e. The maximum atomic E-state index is 12.0. The van der Waals surface area contributed by atoms with Crippen LogP contribution in [0.5, 0.6) is 0 Å². The molecule has 0 unspecified atom stereocenters. The van der Waals surface area contributed by atoms with E-state index in [1.54, 1.807) is 24.4 Å². The summed E-state index contributed by atoms with van der Waals surface area (Å²) in [6.07, 6.45) is 3.75. The number of nitrogens with one attached hydrogen (secondary N) is 3. The Morgan fingerprint density at radius 1 is 0.962 bits per heavy atom. The fraction of sp³-hybridized carbons (Fsp3) is 0.111. The number of nitrogens with two attached hydrogens (primary N) is 1. The van der Waals surface area contributed by atoms with Gasteiger partial charge in [0.05, 0.1) is 0 Å². The maximum Gasteiger partial charge on any atom is 0.288 e. The molecule has 0 spiro atoms. The summed E-state index contributed by atoms with van der Waals surface area (Å²) < 4.78 is 0. The zero-order chi connectivity index (χ0) is 18.2. The zero-order valence-electron chi connectivity index (χ0n) is 14.0. The highest BCUT2D eigenvalue weighted by Crippen LogP contribution is 2.21. The Kier molecular flexibility index (Phi) is 5.56. The number of pyridine rings is 1. The molecule has 0 aliphatic rings. The summed E-state index contributed by atoms with van der Waals surface area (Å²) in [5, 5.41) is 3.18. The van der Waals surface area contributed by atoms with E-state index >= 15 is 0 Å². The van der Waals surface area contributed by atoms with Crippen molar-refractivity contribution in [2.45, 2.75) is 6.42 Å². The fourth-order valence-electron chi connectivity index (χ4n) is 2.28. The summed E-state index contributed by atoms with van der Waals surface area (Å²) >= 11 is 0. The first kappa shape index (κ1) is 17.2. The van der Waals surface area contributed by atoms with Crippen LogP contribution >= 0.6 is 0 Å². The average Bonchev–Trinajstić information content (AvgIpc) is 2.69. The monoisotopic (exact) mass is 349 g/mol. The smallest absolute Gasteiger partial charge is 0.288 e. The molecule has 0 aliphatic carbocycles. The van der Waals surface area contributed by atoms with E-state index in [-0.39, 0.29) is 11.6 Å². The van der Waals surface area contributed by atoms with Gasteiger partial charge in [0.2, 0.25) is 0 Å². The van der Waals surface area contributed by atoms with Crippen LogP contribution in [-0.2, 0) is 6.42 Å². The van der Waals surface area contributed by atoms with Crippen LogP contribution in [0.25, 0.3) is 0 Å². The predicted molar refractivity (Wildman–Crippen MR) is 100 cm³/mol. The van der Waals surface area contributed by atoms with E-state index in [1.807, 2.05) is 18.2 Å². The maximum absolute atomic E-state index is 12.0. The van der Waals surface area contributed by atoms with E-state index in [2.05, 4.69) is 43.3 Å². The molecule has 1 aromatic carbocycles. The zero-order valence-corrected chi connectivity index (χ0v) is 14.0. The van der Waals surface area contributed by atoms with Gasteiger partial charge in [-0.1, -0.05) is 36.4 Å². The van der Waals surface area contributed by atoms with E-state index < -0.39 is 0 Å². The van der Waals surface area contributed by atoms with Crippen LogP contribution in [0.4, 0.5) is 17.3 Å². The number of hydrazine groups is 1. The molecular weight excluding hydrogens is 330 g/mol. The lowest BCUT2D eigenvalue weighted by Gasteiger charge is -2.13. The predicted octanol–water partition coefficient (Wildman–Crippen LogP) is 1.87. The van der Waals surface area contributed by atoms with Crippen LogP contribution < -0.4 is 21.9 Å². The van der Waals surface area contributed by atoms with Crippen molar-refractivity contribution in [1.29, 1.82) is 0 Å². The first-order valence-corrected chi connectivity index (χ1v) is 8.09. The van der Waals surface area contributed by atoms with Gasteiger partial charge in [0.15, 0.2) is 11.6 Å². The lowest BCUT2D eigenvalue weighted by Crippen LogP contribution is -2.31. The van der Waals surface area contributed by atoms with E-state index in [1.165, 1.54) is 11.9 Å². The van der Waals surface area contributed by atoms with Gasteiger partial charge in [-0.3, -0.25) is 20.6 Å². The van der Waals surface area contributed by atoms with Crippen molar-refractivity contribution in [3.05, 3.63) is 72.3 Å². The van der Waals surface area contributed by atoms with Crippen molar-refractivity contribution in [3.8, 4) is 0 Å². The average molecular weight is 349 g/mol. The lowest BCUT2D eigenvalue weighted by molar-refractivity contribution is 0.0957. The Balaban J connectivity index is 1.57. The Morgan fingerprint density at radius 3 is 2.50 bits per heavy atom. The molecule has 8 nitrogen and oxygen atoms in total. The summed E-state index contributed by atoms with van der Waals surface area (Å²) in [6.45, 7) is 0.672. The molecule has 0 aliphatic heterocycles. The number of anilines is 3. The van der Waals surface area contributed by atoms with Crippen molar-refractivity contribution in [1.82, 2.24) is 20.4 Å². The molecule has 0 bridgehead atoms. The van der Waals surface area contributed by atoms with Gasteiger partial charge in [0.25, 0.3) is 5.91 Å². The normalized spacial score (nSPS) is 10.2. The number of hydrogen-bond donors (Lipinski definition) is 4. The van der Waals surface area contributed by atoms with Gasteiger partial charge >= 0.3 is 0 Å². The molecule has 5 N–H and O–H groups in total. The van der Waals surface area contributed by atoms with Crippen LogP contribution in [0, 0.1) is 0 Å². The standard InChI is InChI=1S/C18H19N7O/c19-15-16(21-11-9-13-6-2-1-3-7-13)22-12-23-17(15)24-25-18(26)14-8-4-5-10-20-14/h1-8,10,12H,9,11,19H2,(H,25,26)(H2,21,22,23,24). The first-order chi connectivity index (χ1) is 12.7. The molecule has 1 amide bonds. The van der Waals surface area contributed by atoms with Crippen LogP contribution in [0.2, 0.25) is 0 Å². The van der Waals surface area contributed by atoms with Gasteiger partial charge in [-0.15, -0.1) is 0 Å². The molecule has 26 heavy (non-hydrogen) atoms. The number of hydrogen-bond acceptors (Lipinski definition) is 7. The molecular formula is C18H19N7O. The Bertz CT molecular complexity index is 856. The van der Waals surface area contributed by atoms with Crippen LogP contribution in [-0.4, -0.2) is 27.4 Å². The first-order valence-electron chi connectivity index (χ1n) is 8.09. The van der Waals surface area contributed by atoms with Crippen LogP contribution in [0.1, 0.15) is 16.1 Å². The molecule has 3 rings (SSSR count). The molecule has 3 aromatic rings. The summed E-state index contributed by atoms with van der Waals surface area (Å²) in [5.41, 5.74) is 13.1. The Hall–Kier alpha value is -3.68. The number of carbonyl (C=O) groups is 1. The van der Waals surface area contributed by atoms with Crippen LogP contribution in [0.15, 0.2) is 61.1 Å². The molecule has 0 saturated carbocycles. The Morgan fingerprint density at radius 2 is 1.73 bits per heavy atom. The van der Waals surface area contributed by atoms with E-state index in [4.69, 9.17) is 5.73 Å². The number of rotatable bonds is 7. The summed E-state index contributed by atoms with van der Waals surface area (Å²) in [5.74, 6) is 0.430. The fourth-order valence-corrected chi connectivity index (χ4v) is 2.28. The topological polar surface area (TPSA) is 118 Å². The highest BCUT2D eigenvalue weighted by Gasteiger charge is 2.10. The van der Waals surface area contributed by atoms with E-state index in [0.29, 0.717) is 23.9 Å². The van der Waals surface area contributed by atoms with Gasteiger partial charge in [-0.05, 0) is 24.1 Å². The van der Waals surface area contributed by atoms with E-state index in [0.717, 1.165) is 6.42 Å². The summed E-state index contributed by atoms with van der Waals surface area (Å²) in [6, 6.07) is 15.2. The molecule has 132 valence electrons. The SMILES string of the molecule is Nc1c(NCCc2ccccc2)ncnc1NNC(=O)c1ccccn1. The molecule has 0 saturated heterocycles. The van der Waals surface area contributed by atoms with Crippen molar-refractivity contribution in [2.24, 2.45) is 0 Å². The third kappa shape index (κ3) is 4.44. The van der Waals surface area contributed by atoms with Crippen molar-refractivity contribution in [2.75, 3.05) is 23.0 Å². The van der Waals surface area contributed by atoms with Gasteiger partial charge in [0, 0.05) is 12.7 Å². The second-order valence-electron chi connectivity index (χ2n) is 5.44. The molecule has 2 aromatic heterocycles. The number of nitrogens with zero attached hydrogens (tertiary/aromatic N) is 3. The number of nitrogen functional groups attached to an aromatic ring is 1. The number of amides is 1. The van der Waals surface area contributed by atoms with Gasteiger partial charge < -0.3 is 11.1 Å². The molecule has 0 atom stereocenters. The third-order valence-corrected chi connectivity index (χ3v) is 3.62. The quantitative estimate of drug-likeness (QED) is 0.481.